The lowest BCUT2D eigenvalue weighted by Gasteiger charge is -2.41. The van der Waals surface area contributed by atoms with Gasteiger partial charge in [-0.05, 0) is 18.1 Å². The first-order chi connectivity index (χ1) is 7.92. The van der Waals surface area contributed by atoms with Crippen molar-refractivity contribution < 1.29 is 9.90 Å². The Balaban J connectivity index is 2.34. The molecule has 92 valence electrons. The van der Waals surface area contributed by atoms with E-state index in [2.05, 4.69) is 32.0 Å². The minimum absolute atomic E-state index is 0.0125. The molecule has 2 rings (SSSR count). The number of hydrogen-bond acceptors (Lipinski definition) is 2. The van der Waals surface area contributed by atoms with E-state index >= 15 is 0 Å². The number of nitrogens with zero attached hydrogens (tertiary/aromatic N) is 1. The predicted molar refractivity (Wildman–Crippen MR) is 67.0 cm³/mol. The Bertz CT molecular complexity index is 440. The van der Waals surface area contributed by atoms with Gasteiger partial charge in [-0.15, -0.1) is 0 Å². The maximum Gasteiger partial charge on any atom is 0.320 e. The lowest BCUT2D eigenvalue weighted by Crippen LogP contribution is -2.48. The van der Waals surface area contributed by atoms with Crippen LogP contribution in [0.3, 0.4) is 0 Å². The molecule has 0 bridgehead atoms. The third kappa shape index (κ3) is 2.20. The topological polar surface area (TPSA) is 40.5 Å². The summed E-state index contributed by atoms with van der Waals surface area (Å²) in [6, 6.07) is 7.89. The van der Waals surface area contributed by atoms with Gasteiger partial charge >= 0.3 is 5.97 Å². The van der Waals surface area contributed by atoms with Gasteiger partial charge in [0.15, 0.2) is 0 Å². The predicted octanol–water partition coefficient (Wildman–Crippen LogP) is 2.25. The molecule has 1 aromatic carbocycles. The number of carbonyl (C=O) groups is 1. The van der Waals surface area contributed by atoms with Crippen LogP contribution in [0.25, 0.3) is 0 Å². The Hall–Kier alpha value is -1.35. The van der Waals surface area contributed by atoms with Gasteiger partial charge in [0, 0.05) is 18.5 Å². The molecule has 1 aliphatic rings. The van der Waals surface area contributed by atoms with E-state index in [1.165, 1.54) is 11.1 Å². The Kier molecular flexibility index (Phi) is 2.96. The van der Waals surface area contributed by atoms with Crippen LogP contribution in [0.2, 0.25) is 0 Å². The summed E-state index contributed by atoms with van der Waals surface area (Å²) in [5.41, 5.74) is 2.60. The number of rotatable bonds is 2. The van der Waals surface area contributed by atoms with Crippen LogP contribution in [0.5, 0.6) is 0 Å². The van der Waals surface area contributed by atoms with E-state index in [4.69, 9.17) is 5.11 Å². The first kappa shape index (κ1) is 12.1. The van der Waals surface area contributed by atoms with Crippen LogP contribution in [0.15, 0.2) is 24.3 Å². The lowest BCUT2D eigenvalue weighted by atomic mass is 9.78. The van der Waals surface area contributed by atoms with Crippen LogP contribution in [0, 0.1) is 0 Å². The number of hydrogen-bond donors (Lipinski definition) is 1. The summed E-state index contributed by atoms with van der Waals surface area (Å²) in [4.78, 5) is 13.1. The Labute approximate surface area is 102 Å². The molecule has 1 atom stereocenters. The van der Waals surface area contributed by atoms with Gasteiger partial charge in [0.25, 0.3) is 0 Å². The van der Waals surface area contributed by atoms with Crippen LogP contribution in [-0.4, -0.2) is 28.6 Å². The van der Waals surface area contributed by atoms with E-state index in [1.54, 1.807) is 6.92 Å². The first-order valence-corrected chi connectivity index (χ1v) is 5.97. The maximum atomic E-state index is 11.1. The zero-order valence-corrected chi connectivity index (χ0v) is 10.6. The SMILES string of the molecule is CC(C(=O)O)N1Cc2ccccc2C(C)(C)C1. The van der Waals surface area contributed by atoms with E-state index in [0.29, 0.717) is 0 Å². The summed E-state index contributed by atoms with van der Waals surface area (Å²) in [5.74, 6) is -0.750. The van der Waals surface area contributed by atoms with Crippen molar-refractivity contribution in [3.63, 3.8) is 0 Å². The van der Waals surface area contributed by atoms with E-state index < -0.39 is 12.0 Å². The molecule has 0 saturated heterocycles. The van der Waals surface area contributed by atoms with Crippen molar-refractivity contribution in [2.45, 2.75) is 38.8 Å². The average molecular weight is 233 g/mol. The van der Waals surface area contributed by atoms with Gasteiger partial charge in [0.05, 0.1) is 0 Å². The molecule has 1 aromatic rings. The third-order valence-electron chi connectivity index (χ3n) is 3.62. The molecule has 1 unspecified atom stereocenters. The number of carboxylic acid groups (broad SMARTS) is 1. The summed E-state index contributed by atoms with van der Waals surface area (Å²) in [5, 5.41) is 9.11. The van der Waals surface area contributed by atoms with Crippen molar-refractivity contribution in [3.05, 3.63) is 35.4 Å². The Morgan fingerprint density at radius 1 is 1.41 bits per heavy atom. The zero-order valence-electron chi connectivity index (χ0n) is 10.6. The molecule has 1 aliphatic heterocycles. The molecule has 1 heterocycles. The fraction of sp³-hybridized carbons (Fsp3) is 0.500. The van der Waals surface area contributed by atoms with E-state index in [-0.39, 0.29) is 5.41 Å². The quantitative estimate of drug-likeness (QED) is 0.851. The molecule has 0 spiro atoms. The van der Waals surface area contributed by atoms with Gasteiger partial charge < -0.3 is 5.11 Å². The second kappa shape index (κ2) is 4.15. The molecule has 0 aliphatic carbocycles. The van der Waals surface area contributed by atoms with Crippen molar-refractivity contribution in [3.8, 4) is 0 Å². The van der Waals surface area contributed by atoms with Gasteiger partial charge in [0.2, 0.25) is 0 Å². The highest BCUT2D eigenvalue weighted by atomic mass is 16.4. The minimum Gasteiger partial charge on any atom is -0.480 e. The van der Waals surface area contributed by atoms with Gasteiger partial charge in [-0.2, -0.15) is 0 Å². The van der Waals surface area contributed by atoms with Crippen LogP contribution >= 0.6 is 0 Å². The summed E-state index contributed by atoms with van der Waals surface area (Å²) >= 11 is 0. The van der Waals surface area contributed by atoms with Crippen molar-refractivity contribution >= 4 is 5.97 Å². The zero-order chi connectivity index (χ0) is 12.6. The molecule has 0 saturated carbocycles. The Morgan fingerprint density at radius 2 is 2.06 bits per heavy atom. The van der Waals surface area contributed by atoms with E-state index in [9.17, 15) is 4.79 Å². The van der Waals surface area contributed by atoms with Gasteiger partial charge in [0.1, 0.15) is 6.04 Å². The fourth-order valence-electron chi connectivity index (χ4n) is 2.62. The highest BCUT2D eigenvalue weighted by Gasteiger charge is 2.34. The minimum atomic E-state index is -0.750. The molecule has 0 radical (unpaired) electrons. The average Bonchev–Trinajstić information content (AvgIpc) is 2.27. The Morgan fingerprint density at radius 3 is 2.71 bits per heavy atom. The van der Waals surface area contributed by atoms with Crippen LogP contribution in [0.1, 0.15) is 31.9 Å². The lowest BCUT2D eigenvalue weighted by molar-refractivity contribution is -0.143. The normalized spacial score (nSPS) is 20.6. The van der Waals surface area contributed by atoms with Crippen LogP contribution < -0.4 is 0 Å². The molecular weight excluding hydrogens is 214 g/mol. The molecular formula is C14H19NO2. The van der Waals surface area contributed by atoms with E-state index in [0.717, 1.165) is 13.1 Å². The third-order valence-corrected chi connectivity index (χ3v) is 3.62. The van der Waals surface area contributed by atoms with Crippen molar-refractivity contribution in [1.82, 2.24) is 4.90 Å². The highest BCUT2D eigenvalue weighted by molar-refractivity contribution is 5.73. The number of carboxylic acids is 1. The van der Waals surface area contributed by atoms with Crippen molar-refractivity contribution in [1.29, 1.82) is 0 Å². The first-order valence-electron chi connectivity index (χ1n) is 5.97. The second-order valence-electron chi connectivity index (χ2n) is 5.46. The summed E-state index contributed by atoms with van der Waals surface area (Å²) < 4.78 is 0. The number of benzene rings is 1. The molecule has 3 nitrogen and oxygen atoms in total. The van der Waals surface area contributed by atoms with Gasteiger partial charge in [-0.3, -0.25) is 9.69 Å². The monoisotopic (exact) mass is 233 g/mol. The molecule has 1 N–H and O–H groups in total. The van der Waals surface area contributed by atoms with Crippen LogP contribution in [0.4, 0.5) is 0 Å². The van der Waals surface area contributed by atoms with Crippen LogP contribution in [-0.2, 0) is 16.8 Å². The molecule has 17 heavy (non-hydrogen) atoms. The standard InChI is InChI=1S/C14H19NO2/c1-10(13(16)17)15-8-11-6-4-5-7-12(11)14(2,3)9-15/h4-7,10H,8-9H2,1-3H3,(H,16,17). The molecule has 0 fully saturated rings. The van der Waals surface area contributed by atoms with Crippen molar-refractivity contribution in [2.24, 2.45) is 0 Å². The fourth-order valence-corrected chi connectivity index (χ4v) is 2.62. The number of fused-ring (bicyclic) bond motifs is 1. The summed E-state index contributed by atoms with van der Waals surface area (Å²) in [6.45, 7) is 7.62. The van der Waals surface area contributed by atoms with Gasteiger partial charge in [-0.25, -0.2) is 0 Å². The number of aliphatic carboxylic acids is 1. The van der Waals surface area contributed by atoms with Gasteiger partial charge in [-0.1, -0.05) is 38.1 Å². The molecule has 0 aromatic heterocycles. The second-order valence-corrected chi connectivity index (χ2v) is 5.46. The summed E-state index contributed by atoms with van der Waals surface area (Å²) in [7, 11) is 0. The maximum absolute atomic E-state index is 11.1. The summed E-state index contributed by atoms with van der Waals surface area (Å²) in [6.07, 6.45) is 0. The van der Waals surface area contributed by atoms with E-state index in [1.807, 2.05) is 11.0 Å². The highest BCUT2D eigenvalue weighted by Crippen LogP contribution is 2.33. The van der Waals surface area contributed by atoms with Crippen molar-refractivity contribution in [2.75, 3.05) is 6.54 Å². The largest absolute Gasteiger partial charge is 0.480 e. The smallest absolute Gasteiger partial charge is 0.320 e. The molecule has 0 amide bonds. The molecule has 3 heteroatoms.